The van der Waals surface area contributed by atoms with Crippen LogP contribution in [0.25, 0.3) is 0 Å². The molecular formula is C29H38N4O3. The summed E-state index contributed by atoms with van der Waals surface area (Å²) in [4.78, 5) is 43.1. The summed E-state index contributed by atoms with van der Waals surface area (Å²) in [5, 5.41) is 3.64. The van der Waals surface area contributed by atoms with Crippen molar-refractivity contribution in [2.24, 2.45) is 23.0 Å². The average molecular weight is 491 g/mol. The maximum atomic E-state index is 13.8. The highest BCUT2D eigenvalue weighted by Gasteiger charge is 2.44. The number of Topliss-reactive ketones (excluding diaryl/α,β-unsaturated/α-hetero) is 1. The van der Waals surface area contributed by atoms with Crippen LogP contribution in [0.4, 0.5) is 11.4 Å². The molecule has 1 saturated heterocycles. The minimum atomic E-state index is -0.279. The molecule has 2 heterocycles. The van der Waals surface area contributed by atoms with Crippen molar-refractivity contribution in [3.05, 3.63) is 47.7 Å². The van der Waals surface area contributed by atoms with Gasteiger partial charge >= 0.3 is 0 Å². The minimum Gasteiger partial charge on any atom is -0.369 e. The molecule has 36 heavy (non-hydrogen) atoms. The largest absolute Gasteiger partial charge is 0.369 e. The Morgan fingerprint density at radius 3 is 2.53 bits per heavy atom. The molecule has 2 aliphatic heterocycles. The van der Waals surface area contributed by atoms with Crippen LogP contribution in [-0.2, 0) is 14.4 Å². The van der Waals surface area contributed by atoms with Crippen LogP contribution in [0.15, 0.2) is 47.7 Å². The molecule has 1 aromatic rings. The van der Waals surface area contributed by atoms with Crippen molar-refractivity contribution in [3.63, 3.8) is 0 Å². The second kappa shape index (κ2) is 9.75. The van der Waals surface area contributed by atoms with E-state index in [4.69, 9.17) is 5.73 Å². The van der Waals surface area contributed by atoms with Gasteiger partial charge in [0.15, 0.2) is 5.78 Å². The summed E-state index contributed by atoms with van der Waals surface area (Å²) in [6, 6.07) is 7.96. The number of primary amides is 1. The number of carbonyl (C=O) groups excluding carboxylic acids is 3. The first kappa shape index (κ1) is 24.6. The minimum absolute atomic E-state index is 0.0386. The predicted molar refractivity (Wildman–Crippen MR) is 141 cm³/mol. The molecule has 2 atom stereocenters. The fourth-order valence-corrected chi connectivity index (χ4v) is 6.52. The van der Waals surface area contributed by atoms with Crippen LogP contribution < -0.4 is 16.0 Å². The van der Waals surface area contributed by atoms with E-state index >= 15 is 0 Å². The summed E-state index contributed by atoms with van der Waals surface area (Å²) in [5.41, 5.74) is 9.20. The van der Waals surface area contributed by atoms with Crippen molar-refractivity contribution >= 4 is 29.0 Å². The Morgan fingerprint density at radius 1 is 1.08 bits per heavy atom. The summed E-state index contributed by atoms with van der Waals surface area (Å²) in [7, 11) is 0. The first-order chi connectivity index (χ1) is 17.2. The molecule has 0 radical (unpaired) electrons. The van der Waals surface area contributed by atoms with E-state index in [0.717, 1.165) is 48.3 Å². The number of nitrogens with one attached hydrogen (secondary N) is 1. The van der Waals surface area contributed by atoms with Crippen molar-refractivity contribution < 1.29 is 14.4 Å². The molecule has 3 N–H and O–H groups in total. The van der Waals surface area contributed by atoms with Gasteiger partial charge in [-0.05, 0) is 62.0 Å². The number of rotatable bonds is 4. The number of piperidine rings is 1. The lowest BCUT2D eigenvalue weighted by Crippen LogP contribution is -2.51. The van der Waals surface area contributed by atoms with E-state index in [-0.39, 0.29) is 47.4 Å². The van der Waals surface area contributed by atoms with Crippen LogP contribution in [0.2, 0.25) is 0 Å². The van der Waals surface area contributed by atoms with Crippen LogP contribution in [0.3, 0.4) is 0 Å². The Kier molecular flexibility index (Phi) is 6.66. The number of nitrogens with two attached hydrogens (primary N) is 1. The number of hydrogen-bond acceptors (Lipinski definition) is 5. The van der Waals surface area contributed by atoms with Gasteiger partial charge in [0.1, 0.15) is 0 Å². The number of anilines is 2. The molecule has 0 bridgehead atoms. The van der Waals surface area contributed by atoms with Crippen LogP contribution in [0.5, 0.6) is 0 Å². The van der Waals surface area contributed by atoms with Crippen LogP contribution in [-0.4, -0.2) is 48.2 Å². The van der Waals surface area contributed by atoms with E-state index in [2.05, 4.69) is 42.3 Å². The predicted octanol–water partition coefficient (Wildman–Crippen LogP) is 4.01. The van der Waals surface area contributed by atoms with Crippen molar-refractivity contribution in [2.45, 2.75) is 64.8 Å². The molecule has 7 nitrogen and oxygen atoms in total. The molecule has 0 aromatic heterocycles. The van der Waals surface area contributed by atoms with Gasteiger partial charge in [-0.15, -0.1) is 0 Å². The Bertz CT molecular complexity index is 1110. The molecule has 5 rings (SSSR count). The Balaban J connectivity index is 1.53. The fraction of sp³-hybridized carbons (Fsp3) is 0.552. The number of likely N-dealkylation sites (tertiary alicyclic amines) is 1. The number of amides is 2. The standard InChI is InChI=1S/C29H38N4O3/c1-29(2)16-22-26(24(34)17-29)27(19-8-4-3-5-9-19)33(23-11-7-6-10-21(23)31-22)18-25(35)32-14-12-20(13-15-32)28(30)36/h3-4,6-7,10-11,19-20,27,31H,5,8-9,12-18H2,1-2H3,(H2,30,36). The summed E-state index contributed by atoms with van der Waals surface area (Å²) in [5.74, 6) is 0.0529. The molecule has 0 saturated carbocycles. The molecule has 192 valence electrons. The summed E-state index contributed by atoms with van der Waals surface area (Å²) >= 11 is 0. The molecule has 0 spiro atoms. The van der Waals surface area contributed by atoms with Gasteiger partial charge in [-0.3, -0.25) is 14.4 Å². The zero-order chi connectivity index (χ0) is 25.4. The number of hydrogen-bond donors (Lipinski definition) is 2. The number of para-hydroxylation sites is 2. The lowest BCUT2D eigenvalue weighted by Gasteiger charge is -2.42. The average Bonchev–Trinajstić information content (AvgIpc) is 2.98. The van der Waals surface area contributed by atoms with Crippen molar-refractivity contribution in [3.8, 4) is 0 Å². The van der Waals surface area contributed by atoms with Crippen molar-refractivity contribution in [2.75, 3.05) is 29.9 Å². The van der Waals surface area contributed by atoms with Gasteiger partial charge < -0.3 is 20.9 Å². The molecule has 2 aliphatic carbocycles. The highest BCUT2D eigenvalue weighted by atomic mass is 16.2. The lowest BCUT2D eigenvalue weighted by molar-refractivity contribution is -0.133. The van der Waals surface area contributed by atoms with Crippen LogP contribution >= 0.6 is 0 Å². The van der Waals surface area contributed by atoms with Gasteiger partial charge in [0, 0.05) is 36.7 Å². The third kappa shape index (κ3) is 4.80. The zero-order valence-corrected chi connectivity index (χ0v) is 21.5. The first-order valence-electron chi connectivity index (χ1n) is 13.3. The fourth-order valence-electron chi connectivity index (χ4n) is 6.52. The second-order valence-electron chi connectivity index (χ2n) is 11.7. The first-order valence-corrected chi connectivity index (χ1v) is 13.3. The van der Waals surface area contributed by atoms with Crippen molar-refractivity contribution in [1.82, 2.24) is 4.90 Å². The van der Waals surface area contributed by atoms with E-state index in [1.807, 2.05) is 23.1 Å². The second-order valence-corrected chi connectivity index (χ2v) is 11.7. The third-order valence-electron chi connectivity index (χ3n) is 8.36. The summed E-state index contributed by atoms with van der Waals surface area (Å²) in [6.45, 7) is 5.60. The highest BCUT2D eigenvalue weighted by molar-refractivity contribution is 6.01. The van der Waals surface area contributed by atoms with Gasteiger partial charge in [0.05, 0.1) is 24.0 Å². The quantitative estimate of drug-likeness (QED) is 0.622. The zero-order valence-electron chi connectivity index (χ0n) is 21.5. The van der Waals surface area contributed by atoms with Gasteiger partial charge in [-0.25, -0.2) is 0 Å². The van der Waals surface area contributed by atoms with E-state index in [0.29, 0.717) is 32.4 Å². The maximum Gasteiger partial charge on any atom is 0.242 e. The summed E-state index contributed by atoms with van der Waals surface area (Å²) < 4.78 is 0. The summed E-state index contributed by atoms with van der Waals surface area (Å²) in [6.07, 6.45) is 9.87. The molecule has 7 heteroatoms. The number of benzene rings is 1. The smallest absolute Gasteiger partial charge is 0.242 e. The van der Waals surface area contributed by atoms with E-state index < -0.39 is 0 Å². The number of fused-ring (bicyclic) bond motifs is 1. The molecule has 4 aliphatic rings. The van der Waals surface area contributed by atoms with Crippen LogP contribution in [0, 0.1) is 17.3 Å². The molecule has 2 amide bonds. The van der Waals surface area contributed by atoms with E-state index in [9.17, 15) is 14.4 Å². The highest BCUT2D eigenvalue weighted by Crippen LogP contribution is 2.46. The number of carbonyl (C=O) groups is 3. The number of allylic oxidation sites excluding steroid dienone is 3. The topological polar surface area (TPSA) is 95.7 Å². The molecule has 2 unspecified atom stereocenters. The van der Waals surface area contributed by atoms with Gasteiger partial charge in [-0.1, -0.05) is 38.1 Å². The molecule has 1 fully saturated rings. The maximum absolute atomic E-state index is 13.8. The van der Waals surface area contributed by atoms with Gasteiger partial charge in [0.25, 0.3) is 0 Å². The van der Waals surface area contributed by atoms with Gasteiger partial charge in [0.2, 0.25) is 11.8 Å². The lowest BCUT2D eigenvalue weighted by atomic mass is 9.71. The normalized spacial score (nSPS) is 26.1. The SMILES string of the molecule is CC1(C)CC(=O)C2=C(C1)Nc1ccccc1N(CC(=O)N1CCC(C(N)=O)CC1)C2C1CC=CCC1. The van der Waals surface area contributed by atoms with E-state index in [1.54, 1.807) is 0 Å². The Hall–Kier alpha value is -3.09. The monoisotopic (exact) mass is 490 g/mol. The van der Waals surface area contributed by atoms with Crippen molar-refractivity contribution in [1.29, 1.82) is 0 Å². The van der Waals surface area contributed by atoms with Crippen LogP contribution in [0.1, 0.15) is 58.8 Å². The Labute approximate surface area is 213 Å². The van der Waals surface area contributed by atoms with E-state index in [1.165, 1.54) is 0 Å². The molecular weight excluding hydrogens is 452 g/mol. The Morgan fingerprint density at radius 2 is 1.83 bits per heavy atom. The number of nitrogens with zero attached hydrogens (tertiary/aromatic N) is 2. The van der Waals surface area contributed by atoms with Gasteiger partial charge in [-0.2, -0.15) is 0 Å². The molecule has 1 aromatic carbocycles. The number of ketones is 1. The third-order valence-corrected chi connectivity index (χ3v) is 8.36.